The Balaban J connectivity index is 2.21. The van der Waals surface area contributed by atoms with Gasteiger partial charge in [-0.15, -0.1) is 0 Å². The molecular weight excluding hydrogens is 382 g/mol. The van der Waals surface area contributed by atoms with Crippen molar-refractivity contribution in [2.45, 2.75) is 68.3 Å². The van der Waals surface area contributed by atoms with Crippen LogP contribution in [0.25, 0.3) is 0 Å². The van der Waals surface area contributed by atoms with Gasteiger partial charge in [0.05, 0.1) is 18.8 Å². The SMILES string of the molecule is C[C@@H]1O[C@H](O)[C@@H](O)[C@H](O[C@@H]2O[C@H](CO)[C@@H](O)[C@H](OS(=O)(=O)O)[C@H]2N)[C@@H]1O. The van der Waals surface area contributed by atoms with Gasteiger partial charge in [0.25, 0.3) is 0 Å². The summed E-state index contributed by atoms with van der Waals surface area (Å²) < 4.78 is 50.6. The average molecular weight is 405 g/mol. The van der Waals surface area contributed by atoms with Gasteiger partial charge in [-0.3, -0.25) is 4.55 Å². The van der Waals surface area contributed by atoms with Crippen LogP contribution in [0.2, 0.25) is 0 Å². The third-order valence-electron chi connectivity index (χ3n) is 4.22. The van der Waals surface area contributed by atoms with Gasteiger partial charge in [0.2, 0.25) is 0 Å². The predicted molar refractivity (Wildman–Crippen MR) is 79.6 cm³/mol. The fraction of sp³-hybridized carbons (Fsp3) is 1.00. The lowest BCUT2D eigenvalue weighted by Gasteiger charge is -2.45. The Morgan fingerprint density at radius 3 is 2.19 bits per heavy atom. The maximum absolute atomic E-state index is 11.0. The van der Waals surface area contributed by atoms with Crippen LogP contribution in [0.15, 0.2) is 0 Å². The number of aliphatic hydroxyl groups is 5. The molecule has 13 nitrogen and oxygen atoms in total. The smallest absolute Gasteiger partial charge is 0.394 e. The van der Waals surface area contributed by atoms with Gasteiger partial charge in [-0.25, -0.2) is 4.18 Å². The monoisotopic (exact) mass is 405 g/mol. The Labute approximate surface area is 148 Å². The van der Waals surface area contributed by atoms with Crippen LogP contribution in [0.4, 0.5) is 0 Å². The van der Waals surface area contributed by atoms with Crippen molar-refractivity contribution in [3.63, 3.8) is 0 Å². The number of ether oxygens (including phenoxy) is 3. The predicted octanol–water partition coefficient (Wildman–Crippen LogP) is -4.58. The first-order valence-electron chi connectivity index (χ1n) is 7.67. The molecule has 14 heteroatoms. The minimum Gasteiger partial charge on any atom is -0.394 e. The van der Waals surface area contributed by atoms with Crippen molar-refractivity contribution in [1.29, 1.82) is 0 Å². The molecular formula is C12H23NO12S. The van der Waals surface area contributed by atoms with E-state index in [1.807, 2.05) is 0 Å². The Hall–Kier alpha value is -0.490. The minimum absolute atomic E-state index is 0.781. The van der Waals surface area contributed by atoms with E-state index >= 15 is 0 Å². The van der Waals surface area contributed by atoms with Gasteiger partial charge < -0.3 is 45.5 Å². The van der Waals surface area contributed by atoms with E-state index in [2.05, 4.69) is 4.18 Å². The molecule has 0 aromatic heterocycles. The average Bonchev–Trinajstić information content (AvgIpc) is 2.54. The lowest BCUT2D eigenvalue weighted by Crippen LogP contribution is -2.66. The third kappa shape index (κ3) is 4.67. The van der Waals surface area contributed by atoms with Crippen molar-refractivity contribution in [2.24, 2.45) is 5.73 Å². The number of rotatable bonds is 5. The molecule has 0 aromatic rings. The molecule has 0 saturated carbocycles. The molecule has 0 radical (unpaired) electrons. The molecule has 2 aliphatic rings. The van der Waals surface area contributed by atoms with E-state index in [9.17, 15) is 34.0 Å². The first-order valence-corrected chi connectivity index (χ1v) is 9.03. The summed E-state index contributed by atoms with van der Waals surface area (Å²) in [7, 11) is -5.01. The van der Waals surface area contributed by atoms with Gasteiger partial charge in [0.1, 0.15) is 36.6 Å². The maximum atomic E-state index is 11.0. The first kappa shape index (κ1) is 21.8. The largest absolute Gasteiger partial charge is 0.397 e. The maximum Gasteiger partial charge on any atom is 0.397 e. The Bertz CT molecular complexity index is 561. The molecule has 0 aliphatic carbocycles. The molecule has 0 aromatic carbocycles. The second-order valence-electron chi connectivity index (χ2n) is 6.10. The Kier molecular flexibility index (Phi) is 6.92. The summed E-state index contributed by atoms with van der Waals surface area (Å²) in [6, 6.07) is -1.51. The second kappa shape index (κ2) is 8.26. The molecule has 10 atom stereocenters. The highest BCUT2D eigenvalue weighted by Gasteiger charge is 2.50. The van der Waals surface area contributed by atoms with Crippen LogP contribution in [0.5, 0.6) is 0 Å². The molecule has 154 valence electrons. The fourth-order valence-corrected chi connectivity index (χ4v) is 3.32. The van der Waals surface area contributed by atoms with Crippen molar-refractivity contribution in [2.75, 3.05) is 6.61 Å². The normalized spacial score (nSPS) is 47.7. The summed E-state index contributed by atoms with van der Waals surface area (Å²) in [6.45, 7) is 0.624. The third-order valence-corrected chi connectivity index (χ3v) is 4.69. The zero-order valence-corrected chi connectivity index (χ0v) is 14.4. The van der Waals surface area contributed by atoms with Crippen LogP contribution in [0.1, 0.15) is 6.92 Å². The topological polar surface area (TPSA) is 218 Å². The Morgan fingerprint density at radius 1 is 1.04 bits per heavy atom. The van der Waals surface area contributed by atoms with Gasteiger partial charge in [-0.05, 0) is 6.92 Å². The molecule has 26 heavy (non-hydrogen) atoms. The zero-order chi connectivity index (χ0) is 19.8. The summed E-state index contributed by atoms with van der Waals surface area (Å²) in [4.78, 5) is 0. The van der Waals surface area contributed by atoms with E-state index in [1.54, 1.807) is 0 Å². The first-order chi connectivity index (χ1) is 12.0. The second-order valence-corrected chi connectivity index (χ2v) is 7.14. The molecule has 8 N–H and O–H groups in total. The van der Waals surface area contributed by atoms with Gasteiger partial charge in [-0.2, -0.15) is 8.42 Å². The highest BCUT2D eigenvalue weighted by Crippen LogP contribution is 2.29. The van der Waals surface area contributed by atoms with E-state index < -0.39 is 78.4 Å². The van der Waals surface area contributed by atoms with Gasteiger partial charge in [-0.1, -0.05) is 0 Å². The molecule has 2 aliphatic heterocycles. The van der Waals surface area contributed by atoms with E-state index in [1.165, 1.54) is 6.92 Å². The lowest BCUT2D eigenvalue weighted by molar-refractivity contribution is -0.335. The van der Waals surface area contributed by atoms with Crippen LogP contribution < -0.4 is 5.73 Å². The summed E-state index contributed by atoms with van der Waals surface area (Å²) >= 11 is 0. The van der Waals surface area contributed by atoms with Gasteiger partial charge in [0, 0.05) is 0 Å². The van der Waals surface area contributed by atoms with E-state index in [4.69, 9.17) is 24.5 Å². The Morgan fingerprint density at radius 2 is 1.65 bits per heavy atom. The summed E-state index contributed by atoms with van der Waals surface area (Å²) in [5, 5.41) is 48.9. The van der Waals surface area contributed by atoms with Crippen LogP contribution in [-0.2, 0) is 28.8 Å². The lowest BCUT2D eigenvalue weighted by atomic mass is 9.96. The number of aliphatic hydroxyl groups excluding tert-OH is 5. The summed E-state index contributed by atoms with van der Waals surface area (Å²) in [5.41, 5.74) is 5.77. The molecule has 0 bridgehead atoms. The molecule has 2 heterocycles. The van der Waals surface area contributed by atoms with Crippen molar-refractivity contribution in [3.8, 4) is 0 Å². The quantitative estimate of drug-likeness (QED) is 0.214. The van der Waals surface area contributed by atoms with Crippen LogP contribution >= 0.6 is 0 Å². The molecule has 2 rings (SSSR count). The van der Waals surface area contributed by atoms with E-state index in [-0.39, 0.29) is 0 Å². The van der Waals surface area contributed by atoms with Crippen molar-refractivity contribution in [1.82, 2.24) is 0 Å². The molecule has 0 unspecified atom stereocenters. The number of hydrogen-bond donors (Lipinski definition) is 7. The summed E-state index contributed by atoms with van der Waals surface area (Å²) in [5.74, 6) is 0. The number of hydrogen-bond acceptors (Lipinski definition) is 12. The highest BCUT2D eigenvalue weighted by molar-refractivity contribution is 7.80. The van der Waals surface area contributed by atoms with Crippen molar-refractivity contribution in [3.05, 3.63) is 0 Å². The van der Waals surface area contributed by atoms with E-state index in [0.29, 0.717) is 0 Å². The van der Waals surface area contributed by atoms with Crippen molar-refractivity contribution >= 4 is 10.4 Å². The minimum atomic E-state index is -5.01. The molecule has 0 amide bonds. The van der Waals surface area contributed by atoms with Crippen molar-refractivity contribution < 1.29 is 56.9 Å². The fourth-order valence-electron chi connectivity index (χ4n) is 2.80. The standard InChI is InChI=1S/C12H23NO12S/c1-3-6(15)10(8(17)11(18)22-3)24-12-5(13)9(25-26(19,20)21)7(16)4(2-14)23-12/h3-12,14-18H,2,13H2,1H3,(H,19,20,21)/t3-,4+,5+,6+,7+,8-,9+,10+,11-,12-/m0/s1. The number of nitrogens with two attached hydrogens (primary N) is 1. The highest BCUT2D eigenvalue weighted by atomic mass is 32.3. The summed E-state index contributed by atoms with van der Waals surface area (Å²) in [6.07, 6.45) is -13.6. The van der Waals surface area contributed by atoms with Crippen LogP contribution in [0.3, 0.4) is 0 Å². The van der Waals surface area contributed by atoms with Crippen LogP contribution in [0, 0.1) is 0 Å². The van der Waals surface area contributed by atoms with Crippen LogP contribution in [-0.4, -0.2) is 106 Å². The van der Waals surface area contributed by atoms with Gasteiger partial charge in [0.15, 0.2) is 12.6 Å². The molecule has 2 saturated heterocycles. The molecule has 2 fully saturated rings. The zero-order valence-electron chi connectivity index (χ0n) is 13.6. The van der Waals surface area contributed by atoms with E-state index in [0.717, 1.165) is 0 Å². The molecule has 0 spiro atoms. The van der Waals surface area contributed by atoms with Gasteiger partial charge >= 0.3 is 10.4 Å².